The highest BCUT2D eigenvalue weighted by molar-refractivity contribution is 6.24. The summed E-state index contributed by atoms with van der Waals surface area (Å²) >= 11 is 0. The molecular formula is C25H20N2. The molecule has 0 aliphatic carbocycles. The molecule has 0 amide bonds. The van der Waals surface area contributed by atoms with Gasteiger partial charge in [-0.25, -0.2) is 4.98 Å². The van der Waals surface area contributed by atoms with Crippen LogP contribution in [0.25, 0.3) is 43.8 Å². The lowest BCUT2D eigenvalue weighted by Gasteiger charge is -2.14. The maximum Gasteiger partial charge on any atom is 0.0982 e. The van der Waals surface area contributed by atoms with Crippen LogP contribution in [0.2, 0.25) is 0 Å². The van der Waals surface area contributed by atoms with Gasteiger partial charge in [0.1, 0.15) is 0 Å². The smallest absolute Gasteiger partial charge is 0.0982 e. The van der Waals surface area contributed by atoms with E-state index in [1.54, 1.807) is 0 Å². The molecule has 4 aromatic carbocycles. The number of hydrogen-bond donors (Lipinski definition) is 0. The molecule has 0 N–H and O–H groups in total. The van der Waals surface area contributed by atoms with Gasteiger partial charge in [-0.1, -0.05) is 66.2 Å². The summed E-state index contributed by atoms with van der Waals surface area (Å²) in [6.07, 6.45) is 1.90. The van der Waals surface area contributed by atoms with Gasteiger partial charge in [-0.3, -0.25) is 4.98 Å². The second-order valence-corrected chi connectivity index (χ2v) is 7.32. The van der Waals surface area contributed by atoms with E-state index in [1.165, 1.54) is 38.2 Å². The lowest BCUT2D eigenvalue weighted by atomic mass is 9.93. The Balaban J connectivity index is 2.03. The fourth-order valence-corrected chi connectivity index (χ4v) is 4.20. The first-order valence-electron chi connectivity index (χ1n) is 9.28. The lowest BCUT2D eigenvalue weighted by Crippen LogP contribution is -1.95. The highest BCUT2D eigenvalue weighted by atomic mass is 14.8. The average molecular weight is 348 g/mol. The van der Waals surface area contributed by atoms with E-state index >= 15 is 0 Å². The molecular weight excluding hydrogens is 328 g/mol. The second kappa shape index (κ2) is 5.88. The summed E-state index contributed by atoms with van der Waals surface area (Å²) in [5, 5.41) is 4.93. The molecule has 0 fully saturated rings. The van der Waals surface area contributed by atoms with Crippen molar-refractivity contribution >= 4 is 32.6 Å². The number of hydrogen-bond acceptors (Lipinski definition) is 2. The number of benzene rings is 4. The van der Waals surface area contributed by atoms with E-state index < -0.39 is 0 Å². The molecule has 0 saturated carbocycles. The fourth-order valence-electron chi connectivity index (χ4n) is 4.20. The number of nitrogens with zero attached hydrogens (tertiary/aromatic N) is 2. The summed E-state index contributed by atoms with van der Waals surface area (Å²) in [4.78, 5) is 9.99. The largest absolute Gasteiger partial charge is 0.252 e. The predicted molar refractivity (Wildman–Crippen MR) is 114 cm³/mol. The molecule has 1 heterocycles. The number of aromatic nitrogens is 2. The van der Waals surface area contributed by atoms with Gasteiger partial charge >= 0.3 is 0 Å². The van der Waals surface area contributed by atoms with E-state index in [9.17, 15) is 0 Å². The Morgan fingerprint density at radius 2 is 1.44 bits per heavy atom. The van der Waals surface area contributed by atoms with E-state index in [-0.39, 0.29) is 0 Å². The van der Waals surface area contributed by atoms with Crippen molar-refractivity contribution in [1.82, 2.24) is 9.97 Å². The van der Waals surface area contributed by atoms with Gasteiger partial charge in [0.15, 0.2) is 0 Å². The van der Waals surface area contributed by atoms with E-state index in [0.717, 1.165) is 22.3 Å². The molecule has 0 radical (unpaired) electrons. The molecule has 130 valence electrons. The van der Waals surface area contributed by atoms with Crippen molar-refractivity contribution in [2.24, 2.45) is 0 Å². The summed E-state index contributed by atoms with van der Waals surface area (Å²) in [7, 11) is 0. The molecule has 0 atom stereocenters. The van der Waals surface area contributed by atoms with Crippen molar-refractivity contribution in [3.63, 3.8) is 0 Å². The van der Waals surface area contributed by atoms with Crippen molar-refractivity contribution in [3.8, 4) is 11.3 Å². The molecule has 1 aromatic heterocycles. The zero-order valence-corrected chi connectivity index (χ0v) is 15.7. The van der Waals surface area contributed by atoms with E-state index in [1.807, 2.05) is 24.4 Å². The molecule has 0 aliphatic heterocycles. The van der Waals surface area contributed by atoms with Gasteiger partial charge in [0.25, 0.3) is 0 Å². The molecule has 2 heteroatoms. The number of aryl methyl sites for hydroxylation is 3. The third-order valence-corrected chi connectivity index (χ3v) is 5.36. The van der Waals surface area contributed by atoms with Crippen LogP contribution >= 0.6 is 0 Å². The SMILES string of the molecule is Cc1cc(C)c2c(c1)c1cccc(C)c1c1ncc(-c3ccccc3)nc12. The molecule has 0 saturated heterocycles. The quantitative estimate of drug-likeness (QED) is 0.322. The van der Waals surface area contributed by atoms with Crippen LogP contribution in [0, 0.1) is 20.8 Å². The van der Waals surface area contributed by atoms with E-state index in [0.29, 0.717) is 0 Å². The van der Waals surface area contributed by atoms with Crippen molar-refractivity contribution in [3.05, 3.63) is 83.6 Å². The zero-order chi connectivity index (χ0) is 18.5. The predicted octanol–water partition coefficient (Wildman–Crippen LogP) is 6.53. The van der Waals surface area contributed by atoms with Crippen LogP contribution in [0.4, 0.5) is 0 Å². The topological polar surface area (TPSA) is 25.8 Å². The monoisotopic (exact) mass is 348 g/mol. The van der Waals surface area contributed by atoms with Crippen molar-refractivity contribution in [2.45, 2.75) is 20.8 Å². The van der Waals surface area contributed by atoms with Crippen LogP contribution in [-0.4, -0.2) is 9.97 Å². The van der Waals surface area contributed by atoms with Crippen LogP contribution in [0.15, 0.2) is 66.9 Å². The van der Waals surface area contributed by atoms with Crippen molar-refractivity contribution in [2.75, 3.05) is 0 Å². The summed E-state index contributed by atoms with van der Waals surface area (Å²) in [6, 6.07) is 21.3. The Morgan fingerprint density at radius 3 is 2.26 bits per heavy atom. The Hall–Kier alpha value is -3.26. The molecule has 0 unspecified atom stereocenters. The summed E-state index contributed by atoms with van der Waals surface area (Å²) in [5.41, 5.74) is 7.74. The molecule has 0 aliphatic rings. The normalized spacial score (nSPS) is 11.5. The standard InChI is InChI=1S/C25H20N2/c1-15-12-17(3)23-20(13-15)19-11-7-8-16(2)22(19)24-25(23)27-21(14-26-24)18-9-5-4-6-10-18/h4-14H,1-3H3. The molecule has 0 bridgehead atoms. The Kier molecular flexibility index (Phi) is 3.48. The minimum atomic E-state index is 0.914. The number of rotatable bonds is 1. The van der Waals surface area contributed by atoms with Crippen molar-refractivity contribution < 1.29 is 0 Å². The highest BCUT2D eigenvalue weighted by Crippen LogP contribution is 2.37. The summed E-state index contributed by atoms with van der Waals surface area (Å²) < 4.78 is 0. The average Bonchev–Trinajstić information content (AvgIpc) is 2.68. The number of fused-ring (bicyclic) bond motifs is 6. The van der Waals surface area contributed by atoms with Gasteiger partial charge in [0, 0.05) is 16.3 Å². The van der Waals surface area contributed by atoms with Crippen LogP contribution in [-0.2, 0) is 0 Å². The fraction of sp³-hybridized carbons (Fsp3) is 0.120. The maximum absolute atomic E-state index is 5.09. The van der Waals surface area contributed by atoms with Gasteiger partial charge in [-0.15, -0.1) is 0 Å². The van der Waals surface area contributed by atoms with Gasteiger partial charge in [-0.05, 0) is 42.7 Å². The molecule has 2 nitrogen and oxygen atoms in total. The lowest BCUT2D eigenvalue weighted by molar-refractivity contribution is 1.30. The summed E-state index contributed by atoms with van der Waals surface area (Å²) in [6.45, 7) is 6.49. The first kappa shape index (κ1) is 16.0. The maximum atomic E-state index is 5.09. The van der Waals surface area contributed by atoms with Crippen LogP contribution < -0.4 is 0 Å². The van der Waals surface area contributed by atoms with Crippen LogP contribution in [0.5, 0.6) is 0 Å². The molecule has 5 aromatic rings. The Morgan fingerprint density at radius 1 is 0.667 bits per heavy atom. The summed E-state index contributed by atoms with van der Waals surface area (Å²) in [5.74, 6) is 0. The second-order valence-electron chi connectivity index (χ2n) is 7.32. The van der Waals surface area contributed by atoms with Crippen LogP contribution in [0.3, 0.4) is 0 Å². The molecule has 27 heavy (non-hydrogen) atoms. The van der Waals surface area contributed by atoms with Gasteiger partial charge in [0.2, 0.25) is 0 Å². The zero-order valence-electron chi connectivity index (χ0n) is 15.7. The third-order valence-electron chi connectivity index (χ3n) is 5.36. The minimum absolute atomic E-state index is 0.914. The Bertz CT molecular complexity index is 1340. The highest BCUT2D eigenvalue weighted by Gasteiger charge is 2.15. The molecule has 0 spiro atoms. The van der Waals surface area contributed by atoms with E-state index in [2.05, 4.69) is 63.2 Å². The molecule has 5 rings (SSSR count). The Labute approximate surface area is 158 Å². The van der Waals surface area contributed by atoms with Crippen molar-refractivity contribution in [1.29, 1.82) is 0 Å². The van der Waals surface area contributed by atoms with Gasteiger partial charge in [0.05, 0.1) is 22.9 Å². The first-order chi connectivity index (χ1) is 13.1. The van der Waals surface area contributed by atoms with Crippen LogP contribution in [0.1, 0.15) is 16.7 Å². The van der Waals surface area contributed by atoms with Gasteiger partial charge < -0.3 is 0 Å². The van der Waals surface area contributed by atoms with E-state index in [4.69, 9.17) is 9.97 Å². The van der Waals surface area contributed by atoms with Gasteiger partial charge in [-0.2, -0.15) is 0 Å². The minimum Gasteiger partial charge on any atom is -0.252 e. The first-order valence-corrected chi connectivity index (χ1v) is 9.28. The third kappa shape index (κ3) is 2.41.